The largest absolute Gasteiger partial charge is 0.495 e. The highest BCUT2D eigenvalue weighted by Crippen LogP contribution is 2.25. The third-order valence-electron chi connectivity index (χ3n) is 2.42. The number of rotatable bonds is 6. The molecule has 0 saturated heterocycles. The number of anilines is 1. The lowest BCUT2D eigenvalue weighted by Gasteiger charge is -2.17. The minimum atomic E-state index is -3.65. The van der Waals surface area contributed by atoms with Gasteiger partial charge in [0, 0.05) is 0 Å². The molecule has 1 unspecified atom stereocenters. The Kier molecular flexibility index (Phi) is 4.92. The lowest BCUT2D eigenvalue weighted by Crippen LogP contribution is -2.37. The third-order valence-corrected chi connectivity index (χ3v) is 4.70. The Morgan fingerprint density at radius 1 is 1.50 bits per heavy atom. The van der Waals surface area contributed by atoms with Crippen LogP contribution in [0.4, 0.5) is 5.69 Å². The molecule has 0 amide bonds. The van der Waals surface area contributed by atoms with Crippen molar-refractivity contribution in [3.8, 4) is 5.75 Å². The van der Waals surface area contributed by atoms with Gasteiger partial charge in [-0.1, -0.05) is 31.3 Å². The molecule has 0 fully saturated rings. The molecule has 0 aliphatic rings. The average molecular weight is 288 g/mol. The first-order valence-corrected chi connectivity index (χ1v) is 7.31. The molecule has 0 bridgehead atoms. The van der Waals surface area contributed by atoms with Gasteiger partial charge in [-0.3, -0.25) is 4.72 Å². The number of hydrogen-bond donors (Lipinski definition) is 2. The molecule has 0 spiro atoms. The van der Waals surface area contributed by atoms with Crippen molar-refractivity contribution in [2.24, 2.45) is 5.73 Å². The maximum Gasteiger partial charge on any atom is 0.242 e. The summed E-state index contributed by atoms with van der Waals surface area (Å²) in [6.07, 6.45) is 0.319. The Hall–Kier alpha value is -1.34. The van der Waals surface area contributed by atoms with Gasteiger partial charge in [-0.05, 0) is 18.6 Å². The second kappa shape index (κ2) is 6.01. The zero-order chi connectivity index (χ0) is 13.8. The average Bonchev–Trinajstić information content (AvgIpc) is 2.29. The van der Waals surface area contributed by atoms with E-state index in [1.807, 2.05) is 0 Å². The predicted molar refractivity (Wildman–Crippen MR) is 76.4 cm³/mol. The molecule has 1 aromatic rings. The van der Waals surface area contributed by atoms with Crippen LogP contribution in [0.3, 0.4) is 0 Å². The van der Waals surface area contributed by atoms with Gasteiger partial charge >= 0.3 is 0 Å². The van der Waals surface area contributed by atoms with E-state index >= 15 is 0 Å². The van der Waals surface area contributed by atoms with Crippen molar-refractivity contribution < 1.29 is 13.2 Å². The highest BCUT2D eigenvalue weighted by atomic mass is 32.2. The lowest BCUT2D eigenvalue weighted by atomic mass is 10.3. The fourth-order valence-corrected chi connectivity index (χ4v) is 3.44. The van der Waals surface area contributed by atoms with E-state index in [2.05, 4.69) is 4.72 Å². The zero-order valence-electron chi connectivity index (χ0n) is 10.2. The lowest BCUT2D eigenvalue weighted by molar-refractivity contribution is 0.417. The molecule has 0 aliphatic carbocycles. The number of hydrogen-bond acceptors (Lipinski definition) is 4. The molecule has 0 aromatic heterocycles. The van der Waals surface area contributed by atoms with E-state index in [1.165, 1.54) is 7.11 Å². The molecule has 3 N–H and O–H groups in total. The summed E-state index contributed by atoms with van der Waals surface area (Å²) in [5.41, 5.74) is 5.81. The van der Waals surface area contributed by atoms with Crippen molar-refractivity contribution in [3.05, 3.63) is 24.3 Å². The highest BCUT2D eigenvalue weighted by Gasteiger charge is 2.27. The molecule has 1 rings (SSSR count). The second-order valence-corrected chi connectivity index (χ2v) is 5.98. The van der Waals surface area contributed by atoms with E-state index in [1.54, 1.807) is 31.2 Å². The third kappa shape index (κ3) is 3.33. The molecule has 0 heterocycles. The van der Waals surface area contributed by atoms with Gasteiger partial charge in [0.15, 0.2) is 0 Å². The first-order chi connectivity index (χ1) is 8.42. The Labute approximate surface area is 112 Å². The van der Waals surface area contributed by atoms with Crippen LogP contribution in [0.25, 0.3) is 0 Å². The SMILES string of the molecule is CCC(C(N)=S)S(=O)(=O)Nc1ccccc1OC. The van der Waals surface area contributed by atoms with Crippen molar-refractivity contribution in [1.82, 2.24) is 0 Å². The number of nitrogens with two attached hydrogens (primary N) is 1. The van der Waals surface area contributed by atoms with Gasteiger partial charge in [0.2, 0.25) is 10.0 Å². The van der Waals surface area contributed by atoms with Crippen molar-refractivity contribution in [2.75, 3.05) is 11.8 Å². The Balaban J connectivity index is 3.05. The molecule has 100 valence electrons. The van der Waals surface area contributed by atoms with Gasteiger partial charge in [-0.2, -0.15) is 0 Å². The summed E-state index contributed by atoms with van der Waals surface area (Å²) in [7, 11) is -2.18. The van der Waals surface area contributed by atoms with Crippen LogP contribution in [0.5, 0.6) is 5.75 Å². The Morgan fingerprint density at radius 2 is 2.11 bits per heavy atom. The summed E-state index contributed by atoms with van der Waals surface area (Å²) >= 11 is 4.77. The van der Waals surface area contributed by atoms with E-state index in [4.69, 9.17) is 22.7 Å². The van der Waals surface area contributed by atoms with Crippen molar-refractivity contribution >= 4 is 32.9 Å². The van der Waals surface area contributed by atoms with Crippen LogP contribution >= 0.6 is 12.2 Å². The van der Waals surface area contributed by atoms with E-state index in [9.17, 15) is 8.42 Å². The van der Waals surface area contributed by atoms with Gasteiger partial charge < -0.3 is 10.5 Å². The Bertz CT molecular complexity index is 529. The van der Waals surface area contributed by atoms with Gasteiger partial charge in [0.25, 0.3) is 0 Å². The maximum absolute atomic E-state index is 12.1. The van der Waals surface area contributed by atoms with E-state index < -0.39 is 15.3 Å². The first-order valence-electron chi connectivity index (χ1n) is 5.36. The Morgan fingerprint density at radius 3 is 2.61 bits per heavy atom. The van der Waals surface area contributed by atoms with Crippen LogP contribution in [0.15, 0.2) is 24.3 Å². The van der Waals surface area contributed by atoms with Gasteiger partial charge in [0.1, 0.15) is 11.0 Å². The van der Waals surface area contributed by atoms with Gasteiger partial charge in [0.05, 0.1) is 17.8 Å². The second-order valence-electron chi connectivity index (χ2n) is 3.65. The van der Waals surface area contributed by atoms with Crippen molar-refractivity contribution in [2.45, 2.75) is 18.6 Å². The summed E-state index contributed by atoms with van der Waals surface area (Å²) in [6, 6.07) is 6.74. The fraction of sp³-hybridized carbons (Fsp3) is 0.364. The van der Waals surface area contributed by atoms with E-state index in [0.29, 0.717) is 17.9 Å². The zero-order valence-corrected chi connectivity index (χ0v) is 11.8. The van der Waals surface area contributed by atoms with Crippen LogP contribution in [0, 0.1) is 0 Å². The van der Waals surface area contributed by atoms with Crippen molar-refractivity contribution in [1.29, 1.82) is 0 Å². The van der Waals surface area contributed by atoms with Crippen LogP contribution in [-0.4, -0.2) is 25.8 Å². The quantitative estimate of drug-likeness (QED) is 0.775. The highest BCUT2D eigenvalue weighted by molar-refractivity contribution is 7.95. The van der Waals surface area contributed by atoms with Crippen LogP contribution in [0.2, 0.25) is 0 Å². The number of sulfonamides is 1. The van der Waals surface area contributed by atoms with E-state index in [0.717, 1.165) is 0 Å². The summed E-state index contributed by atoms with van der Waals surface area (Å²) in [5.74, 6) is 0.443. The predicted octanol–water partition coefficient (Wildman–Crippen LogP) is 1.50. The molecular weight excluding hydrogens is 272 g/mol. The summed E-state index contributed by atoms with van der Waals surface area (Å²) in [4.78, 5) is -0.0418. The molecule has 1 atom stereocenters. The molecule has 1 aromatic carbocycles. The molecule has 5 nitrogen and oxygen atoms in total. The molecule has 18 heavy (non-hydrogen) atoms. The monoisotopic (exact) mass is 288 g/mol. The van der Waals surface area contributed by atoms with Gasteiger partial charge in [-0.15, -0.1) is 0 Å². The molecular formula is C11H16N2O3S2. The van der Waals surface area contributed by atoms with Crippen LogP contribution in [0.1, 0.15) is 13.3 Å². The van der Waals surface area contributed by atoms with Gasteiger partial charge in [-0.25, -0.2) is 8.42 Å². The maximum atomic E-state index is 12.1. The number of nitrogens with one attached hydrogen (secondary N) is 1. The number of para-hydroxylation sites is 2. The van der Waals surface area contributed by atoms with Crippen molar-refractivity contribution in [3.63, 3.8) is 0 Å². The fourth-order valence-electron chi connectivity index (χ4n) is 1.53. The minimum Gasteiger partial charge on any atom is -0.495 e. The smallest absolute Gasteiger partial charge is 0.242 e. The summed E-state index contributed by atoms with van der Waals surface area (Å²) < 4.78 is 31.7. The summed E-state index contributed by atoms with van der Waals surface area (Å²) in [6.45, 7) is 1.71. The number of benzene rings is 1. The summed E-state index contributed by atoms with van der Waals surface area (Å²) in [5, 5.41) is -0.891. The molecule has 0 radical (unpaired) electrons. The number of methoxy groups -OCH3 is 1. The van der Waals surface area contributed by atoms with E-state index in [-0.39, 0.29) is 4.99 Å². The molecule has 0 aliphatic heterocycles. The normalized spacial score (nSPS) is 12.8. The molecule has 0 saturated carbocycles. The van der Waals surface area contributed by atoms with Crippen LogP contribution in [-0.2, 0) is 10.0 Å². The molecule has 7 heteroatoms. The van der Waals surface area contributed by atoms with Crippen LogP contribution < -0.4 is 15.2 Å². The number of thiocarbonyl (C=S) groups is 1. The number of ether oxygens (including phenoxy) is 1. The topological polar surface area (TPSA) is 81.4 Å². The minimum absolute atomic E-state index is 0.0418. The first kappa shape index (κ1) is 14.7. The standard InChI is InChI=1S/C11H16N2O3S2/c1-3-10(11(12)17)18(14,15)13-8-6-4-5-7-9(8)16-2/h4-7,10,13H,3H2,1-2H3,(H2,12,17).